The molecule has 0 bridgehead atoms. The van der Waals surface area contributed by atoms with E-state index in [2.05, 4.69) is 21.2 Å². The van der Waals surface area contributed by atoms with Crippen LogP contribution >= 0.6 is 15.9 Å². The molecule has 3 aromatic rings. The molecule has 1 fully saturated rings. The molecule has 1 N–H and O–H groups in total. The van der Waals surface area contributed by atoms with Gasteiger partial charge in [0, 0.05) is 17.7 Å². The monoisotopic (exact) mass is 583 g/mol. The Balaban J connectivity index is 1.68. The van der Waals surface area contributed by atoms with Crippen LogP contribution in [0, 0.1) is 15.9 Å². The highest BCUT2D eigenvalue weighted by Crippen LogP contribution is 2.38. The average Bonchev–Trinajstić information content (AvgIpc) is 2.87. The second-order valence-electron chi connectivity index (χ2n) is 7.88. The average molecular weight is 584 g/mol. The summed E-state index contributed by atoms with van der Waals surface area (Å²) in [7, 11) is 0. The number of imide groups is 2. The molecule has 0 unspecified atom stereocenters. The topological polar surface area (TPSA) is 128 Å². The highest BCUT2D eigenvalue weighted by atomic mass is 79.9. The third kappa shape index (κ3) is 5.54. The van der Waals surface area contributed by atoms with Gasteiger partial charge in [0.1, 0.15) is 18.0 Å². The fraction of sp³-hybridized carbons (Fsp3) is 0.115. The first-order valence-corrected chi connectivity index (χ1v) is 12.0. The van der Waals surface area contributed by atoms with Crippen LogP contribution in [0.5, 0.6) is 11.5 Å². The number of carbonyl (C=O) groups excluding carboxylic acids is 3. The number of urea groups is 1. The fourth-order valence-electron chi connectivity index (χ4n) is 3.64. The van der Waals surface area contributed by atoms with Crippen molar-refractivity contribution in [2.24, 2.45) is 0 Å². The molecule has 1 heterocycles. The second-order valence-corrected chi connectivity index (χ2v) is 8.73. The molecular formula is C26H19BrFN3O7. The first-order valence-electron chi connectivity index (χ1n) is 11.2. The number of hydrogen-bond donors (Lipinski definition) is 1. The van der Waals surface area contributed by atoms with E-state index in [9.17, 15) is 28.9 Å². The van der Waals surface area contributed by atoms with Crippen molar-refractivity contribution in [1.82, 2.24) is 5.32 Å². The van der Waals surface area contributed by atoms with Gasteiger partial charge >= 0.3 is 6.03 Å². The zero-order chi connectivity index (χ0) is 27.4. The predicted octanol–water partition coefficient (Wildman–Crippen LogP) is 5.14. The highest BCUT2D eigenvalue weighted by molar-refractivity contribution is 9.10. The van der Waals surface area contributed by atoms with Gasteiger partial charge in [0.25, 0.3) is 17.5 Å². The second kappa shape index (κ2) is 11.2. The number of rotatable bonds is 8. The van der Waals surface area contributed by atoms with Gasteiger partial charge in [0.15, 0.2) is 11.5 Å². The summed E-state index contributed by atoms with van der Waals surface area (Å²) in [6, 6.07) is 13.1. The molecule has 3 aromatic carbocycles. The summed E-state index contributed by atoms with van der Waals surface area (Å²) in [6.07, 6.45) is 1.25. The lowest BCUT2D eigenvalue weighted by Gasteiger charge is -2.26. The maximum absolute atomic E-state index is 14.0. The molecule has 0 aliphatic carbocycles. The van der Waals surface area contributed by atoms with Crippen molar-refractivity contribution < 1.29 is 33.2 Å². The number of ether oxygens (including phenoxy) is 2. The maximum Gasteiger partial charge on any atom is 0.335 e. The number of carbonyl (C=O) groups is 3. The van der Waals surface area contributed by atoms with Gasteiger partial charge in [-0.15, -0.1) is 0 Å². The lowest BCUT2D eigenvalue weighted by atomic mass is 10.1. The lowest BCUT2D eigenvalue weighted by Crippen LogP contribution is -2.54. The summed E-state index contributed by atoms with van der Waals surface area (Å²) >= 11 is 3.39. The molecule has 0 spiro atoms. The van der Waals surface area contributed by atoms with Crippen LogP contribution < -0.4 is 19.7 Å². The Bertz CT molecular complexity index is 1490. The van der Waals surface area contributed by atoms with E-state index in [0.29, 0.717) is 20.5 Å². The van der Waals surface area contributed by atoms with E-state index in [1.165, 1.54) is 36.4 Å². The predicted molar refractivity (Wildman–Crippen MR) is 138 cm³/mol. The van der Waals surface area contributed by atoms with E-state index in [0.717, 1.165) is 6.07 Å². The van der Waals surface area contributed by atoms with E-state index in [4.69, 9.17) is 9.47 Å². The zero-order valence-corrected chi connectivity index (χ0v) is 21.4. The van der Waals surface area contributed by atoms with E-state index in [1.54, 1.807) is 31.2 Å². The van der Waals surface area contributed by atoms with Crippen LogP contribution in [0.25, 0.3) is 6.08 Å². The Hall–Kier alpha value is -4.58. The largest absolute Gasteiger partial charge is 0.490 e. The first-order chi connectivity index (χ1) is 18.2. The third-order valence-electron chi connectivity index (χ3n) is 5.37. The van der Waals surface area contributed by atoms with Crippen molar-refractivity contribution in [3.05, 3.63) is 97.8 Å². The minimum absolute atomic E-state index is 0.0758. The number of amides is 4. The van der Waals surface area contributed by atoms with Crippen molar-refractivity contribution in [1.29, 1.82) is 0 Å². The van der Waals surface area contributed by atoms with Gasteiger partial charge in [-0.25, -0.2) is 14.1 Å². The Morgan fingerprint density at radius 3 is 2.55 bits per heavy atom. The van der Waals surface area contributed by atoms with Crippen molar-refractivity contribution in [2.75, 3.05) is 11.5 Å². The van der Waals surface area contributed by atoms with Gasteiger partial charge in [0.2, 0.25) is 0 Å². The molecule has 12 heteroatoms. The summed E-state index contributed by atoms with van der Waals surface area (Å²) in [5.74, 6) is -1.78. The number of nitrogens with zero attached hydrogens (tertiary/aromatic N) is 2. The molecule has 0 radical (unpaired) electrons. The number of nitro groups is 1. The summed E-state index contributed by atoms with van der Waals surface area (Å²) in [5.41, 5.74) is -0.103. The Kier molecular flexibility index (Phi) is 7.82. The smallest absolute Gasteiger partial charge is 0.335 e. The van der Waals surface area contributed by atoms with Crippen LogP contribution in [0.3, 0.4) is 0 Å². The van der Waals surface area contributed by atoms with Crippen LogP contribution in [0.4, 0.5) is 20.6 Å². The summed E-state index contributed by atoms with van der Waals surface area (Å²) in [5, 5.41) is 13.2. The molecule has 0 saturated carbocycles. The molecule has 4 amide bonds. The number of benzene rings is 3. The van der Waals surface area contributed by atoms with E-state index >= 15 is 0 Å². The normalized spacial score (nSPS) is 14.4. The summed E-state index contributed by atoms with van der Waals surface area (Å²) in [4.78, 5) is 49.3. The standard InChI is InChI=1S/C26H19BrFN3O7/c1-2-37-22-12-15(11-20(27)23(22)38-14-16-6-3-4-9-21(16)28)10-19-24(32)29-26(34)30(25(19)33)17-7-5-8-18(13-17)31(35)36/h3-13H,2,14H2,1H3,(H,29,32,34)/b19-10+. The van der Waals surface area contributed by atoms with Crippen LogP contribution in [-0.2, 0) is 16.2 Å². The van der Waals surface area contributed by atoms with Crippen LogP contribution in [0.15, 0.2) is 70.7 Å². The maximum atomic E-state index is 14.0. The molecule has 1 aliphatic heterocycles. The molecule has 0 aromatic heterocycles. The van der Waals surface area contributed by atoms with Gasteiger partial charge in [-0.3, -0.25) is 25.0 Å². The van der Waals surface area contributed by atoms with Crippen molar-refractivity contribution in [3.8, 4) is 11.5 Å². The van der Waals surface area contributed by atoms with Gasteiger partial charge in [0.05, 0.1) is 21.7 Å². The quantitative estimate of drug-likeness (QED) is 0.168. The molecule has 0 atom stereocenters. The molecular weight excluding hydrogens is 565 g/mol. The van der Waals surface area contributed by atoms with Gasteiger partial charge in [-0.2, -0.15) is 0 Å². The van der Waals surface area contributed by atoms with Gasteiger partial charge < -0.3 is 9.47 Å². The van der Waals surface area contributed by atoms with Gasteiger partial charge in [-0.05, 0) is 58.8 Å². The van der Waals surface area contributed by atoms with E-state index in [-0.39, 0.29) is 41.7 Å². The molecule has 4 rings (SSSR count). The number of nitrogens with one attached hydrogen (secondary N) is 1. The number of halogens is 2. The number of anilines is 1. The number of hydrogen-bond acceptors (Lipinski definition) is 7. The lowest BCUT2D eigenvalue weighted by molar-refractivity contribution is -0.384. The minimum Gasteiger partial charge on any atom is -0.490 e. The SMILES string of the molecule is CCOc1cc(/C=C2\C(=O)NC(=O)N(c3cccc([N+](=O)[O-])c3)C2=O)cc(Br)c1OCc1ccccc1F. The highest BCUT2D eigenvalue weighted by Gasteiger charge is 2.37. The Morgan fingerprint density at radius 2 is 1.84 bits per heavy atom. The van der Waals surface area contributed by atoms with E-state index in [1.807, 2.05) is 0 Å². The minimum atomic E-state index is -1.04. The molecule has 194 valence electrons. The third-order valence-corrected chi connectivity index (χ3v) is 5.96. The number of non-ortho nitro benzene ring substituents is 1. The molecule has 10 nitrogen and oxygen atoms in total. The van der Waals surface area contributed by atoms with Crippen molar-refractivity contribution in [2.45, 2.75) is 13.5 Å². The van der Waals surface area contributed by atoms with Crippen LogP contribution in [-0.4, -0.2) is 29.4 Å². The first kappa shape index (κ1) is 26.5. The van der Waals surface area contributed by atoms with E-state index < -0.39 is 28.6 Å². The summed E-state index contributed by atoms with van der Waals surface area (Å²) in [6.45, 7) is 1.93. The summed E-state index contributed by atoms with van der Waals surface area (Å²) < 4.78 is 25.9. The molecule has 1 aliphatic rings. The number of barbiturate groups is 1. The Labute approximate surface area is 223 Å². The van der Waals surface area contributed by atoms with Crippen LogP contribution in [0.2, 0.25) is 0 Å². The Morgan fingerprint density at radius 1 is 1.08 bits per heavy atom. The zero-order valence-electron chi connectivity index (χ0n) is 19.8. The van der Waals surface area contributed by atoms with Crippen LogP contribution in [0.1, 0.15) is 18.1 Å². The number of nitro benzene ring substituents is 1. The molecule has 38 heavy (non-hydrogen) atoms. The fourth-order valence-corrected chi connectivity index (χ4v) is 4.22. The van der Waals surface area contributed by atoms with Gasteiger partial charge in [-0.1, -0.05) is 24.3 Å². The van der Waals surface area contributed by atoms with Crippen molar-refractivity contribution in [3.63, 3.8) is 0 Å². The molecule has 1 saturated heterocycles. The van der Waals surface area contributed by atoms with Crippen molar-refractivity contribution >= 4 is 51.2 Å².